The fourth-order valence-corrected chi connectivity index (χ4v) is 6.11. The van der Waals surface area contributed by atoms with E-state index in [-0.39, 0.29) is 4.32 Å². The van der Waals surface area contributed by atoms with Crippen LogP contribution >= 0.6 is 31.1 Å². The van der Waals surface area contributed by atoms with Crippen LogP contribution in [0.2, 0.25) is 0 Å². The maximum atomic E-state index is 13.2. The van der Waals surface area contributed by atoms with Crippen molar-refractivity contribution in [3.63, 3.8) is 0 Å². The van der Waals surface area contributed by atoms with Crippen LogP contribution in [0.5, 0.6) is 11.5 Å². The van der Waals surface area contributed by atoms with Crippen molar-refractivity contribution in [2.75, 3.05) is 12.5 Å². The van der Waals surface area contributed by atoms with Crippen LogP contribution in [0.4, 0.5) is 0 Å². The summed E-state index contributed by atoms with van der Waals surface area (Å²) in [6.07, 6.45) is 3.80. The fraction of sp³-hybridized carbons (Fsp3) is 0.200. The molecular formula is C15H17O3PS2. The Labute approximate surface area is 134 Å². The molecule has 0 saturated heterocycles. The Balaban J connectivity index is 2.28. The van der Waals surface area contributed by atoms with Gasteiger partial charge in [0.1, 0.15) is 11.5 Å². The van der Waals surface area contributed by atoms with Gasteiger partial charge in [0.05, 0.1) is 0 Å². The molecule has 0 saturated carbocycles. The van der Waals surface area contributed by atoms with Crippen LogP contribution in [0.1, 0.15) is 0 Å². The lowest BCUT2D eigenvalue weighted by atomic mass is 10.3. The average Bonchev–Trinajstić information content (AvgIpc) is 2.50. The van der Waals surface area contributed by atoms with Crippen LogP contribution in [0.3, 0.4) is 0 Å². The van der Waals surface area contributed by atoms with E-state index >= 15 is 0 Å². The number of para-hydroxylation sites is 2. The molecule has 0 fully saturated rings. The second-order valence-corrected chi connectivity index (χ2v) is 8.97. The average molecular weight is 340 g/mol. The lowest BCUT2D eigenvalue weighted by Crippen LogP contribution is -2.10. The molecule has 0 unspecified atom stereocenters. The van der Waals surface area contributed by atoms with Gasteiger partial charge in [-0.15, -0.1) is 23.5 Å². The zero-order valence-corrected chi connectivity index (χ0v) is 14.4. The lowest BCUT2D eigenvalue weighted by Gasteiger charge is -2.25. The molecule has 2 rings (SSSR count). The normalized spacial score (nSPS) is 11.4. The predicted molar refractivity (Wildman–Crippen MR) is 92.6 cm³/mol. The fourth-order valence-electron chi connectivity index (χ4n) is 1.72. The number of hydrogen-bond acceptors (Lipinski definition) is 5. The van der Waals surface area contributed by atoms with Crippen LogP contribution in [0, 0.1) is 0 Å². The van der Waals surface area contributed by atoms with Gasteiger partial charge >= 0.3 is 7.60 Å². The largest absolute Gasteiger partial charge is 0.453 e. The third-order valence-corrected chi connectivity index (χ3v) is 8.84. The SMILES string of the molecule is CSC(SC)P(=O)(Oc1ccccc1)Oc1ccccc1. The second kappa shape index (κ2) is 7.83. The van der Waals surface area contributed by atoms with Gasteiger partial charge in [0.2, 0.25) is 0 Å². The predicted octanol–water partition coefficient (Wildman–Crippen LogP) is 5.35. The first-order valence-electron chi connectivity index (χ1n) is 6.32. The molecule has 0 heterocycles. The highest BCUT2D eigenvalue weighted by Gasteiger charge is 2.38. The second-order valence-electron chi connectivity index (χ2n) is 4.13. The molecule has 2 aromatic carbocycles. The van der Waals surface area contributed by atoms with Gasteiger partial charge in [-0.05, 0) is 36.8 Å². The minimum atomic E-state index is -3.35. The Morgan fingerprint density at radius 3 is 1.52 bits per heavy atom. The summed E-state index contributed by atoms with van der Waals surface area (Å²) < 4.78 is 24.4. The van der Waals surface area contributed by atoms with Gasteiger partial charge in [0.25, 0.3) is 0 Å². The van der Waals surface area contributed by atoms with E-state index in [1.54, 1.807) is 24.3 Å². The Morgan fingerprint density at radius 2 is 1.19 bits per heavy atom. The maximum absolute atomic E-state index is 13.2. The van der Waals surface area contributed by atoms with Crippen molar-refractivity contribution in [3.05, 3.63) is 60.7 Å². The first kappa shape index (κ1) is 16.3. The number of thioether (sulfide) groups is 2. The highest BCUT2D eigenvalue weighted by atomic mass is 32.2. The molecule has 0 aliphatic heterocycles. The molecule has 0 spiro atoms. The van der Waals surface area contributed by atoms with Crippen molar-refractivity contribution in [2.24, 2.45) is 0 Å². The van der Waals surface area contributed by atoms with Crippen LogP contribution in [0.25, 0.3) is 0 Å². The molecule has 0 aliphatic rings. The van der Waals surface area contributed by atoms with Gasteiger partial charge in [0, 0.05) is 0 Å². The summed E-state index contributed by atoms with van der Waals surface area (Å²) >= 11 is 2.93. The third kappa shape index (κ3) is 4.47. The first-order chi connectivity index (χ1) is 10.2. The van der Waals surface area contributed by atoms with E-state index in [2.05, 4.69) is 0 Å². The van der Waals surface area contributed by atoms with E-state index < -0.39 is 7.60 Å². The summed E-state index contributed by atoms with van der Waals surface area (Å²) in [6, 6.07) is 18.2. The molecule has 6 heteroatoms. The van der Waals surface area contributed by atoms with Crippen LogP contribution in [-0.4, -0.2) is 16.8 Å². The van der Waals surface area contributed by atoms with E-state index in [0.29, 0.717) is 11.5 Å². The van der Waals surface area contributed by atoms with E-state index in [0.717, 1.165) is 0 Å². The molecule has 0 aromatic heterocycles. The Morgan fingerprint density at radius 1 is 0.810 bits per heavy atom. The van der Waals surface area contributed by atoms with Gasteiger partial charge in [-0.3, -0.25) is 0 Å². The summed E-state index contributed by atoms with van der Waals surface area (Å²) in [5.41, 5.74) is 0. The Bertz CT molecular complexity index is 543. The zero-order chi connectivity index (χ0) is 15.1. The van der Waals surface area contributed by atoms with Crippen molar-refractivity contribution < 1.29 is 13.6 Å². The molecule has 21 heavy (non-hydrogen) atoms. The molecule has 0 amide bonds. The van der Waals surface area contributed by atoms with E-state index in [1.165, 1.54) is 23.5 Å². The smallest absolute Gasteiger partial charge is 0.415 e. The molecular weight excluding hydrogens is 323 g/mol. The molecule has 3 nitrogen and oxygen atoms in total. The van der Waals surface area contributed by atoms with E-state index in [1.807, 2.05) is 48.9 Å². The molecule has 0 N–H and O–H groups in total. The Kier molecular flexibility index (Phi) is 6.09. The van der Waals surface area contributed by atoms with Crippen molar-refractivity contribution in [3.8, 4) is 11.5 Å². The summed E-state index contributed by atoms with van der Waals surface area (Å²) in [5, 5.41) is 0. The lowest BCUT2D eigenvalue weighted by molar-refractivity contribution is 0.390. The monoisotopic (exact) mass is 340 g/mol. The highest BCUT2D eigenvalue weighted by Crippen LogP contribution is 2.59. The molecule has 2 aromatic rings. The summed E-state index contributed by atoms with van der Waals surface area (Å²) in [6.45, 7) is 0. The number of hydrogen-bond donors (Lipinski definition) is 0. The van der Waals surface area contributed by atoms with Gasteiger partial charge in [-0.25, -0.2) is 4.57 Å². The van der Waals surface area contributed by atoms with Gasteiger partial charge in [0.15, 0.2) is 4.32 Å². The van der Waals surface area contributed by atoms with Gasteiger partial charge < -0.3 is 9.05 Å². The quantitative estimate of drug-likeness (QED) is 0.502. The zero-order valence-electron chi connectivity index (χ0n) is 11.8. The standard InChI is InChI=1S/C15H17O3PS2/c1-20-15(21-2)19(16,17-13-9-5-3-6-10-13)18-14-11-7-4-8-12-14/h3-12,15H,1-2H3. The summed E-state index contributed by atoms with van der Waals surface area (Å²) in [5.74, 6) is 1.09. The molecule has 0 bridgehead atoms. The Hall–Kier alpha value is -1.03. The number of benzene rings is 2. The third-order valence-electron chi connectivity index (χ3n) is 2.61. The van der Waals surface area contributed by atoms with E-state index in [4.69, 9.17) is 9.05 Å². The van der Waals surface area contributed by atoms with Crippen molar-refractivity contribution >= 4 is 31.1 Å². The van der Waals surface area contributed by atoms with Crippen molar-refractivity contribution in [1.82, 2.24) is 0 Å². The van der Waals surface area contributed by atoms with Gasteiger partial charge in [-0.1, -0.05) is 36.4 Å². The first-order valence-corrected chi connectivity index (χ1v) is 10.5. The van der Waals surface area contributed by atoms with E-state index in [9.17, 15) is 4.57 Å². The summed E-state index contributed by atoms with van der Waals surface area (Å²) in [7, 11) is -3.35. The number of rotatable bonds is 7. The van der Waals surface area contributed by atoms with Gasteiger partial charge in [-0.2, -0.15) is 0 Å². The van der Waals surface area contributed by atoms with Crippen LogP contribution < -0.4 is 9.05 Å². The van der Waals surface area contributed by atoms with Crippen molar-refractivity contribution in [2.45, 2.75) is 4.32 Å². The molecule has 0 atom stereocenters. The maximum Gasteiger partial charge on any atom is 0.453 e. The van der Waals surface area contributed by atoms with Crippen molar-refractivity contribution in [1.29, 1.82) is 0 Å². The molecule has 112 valence electrons. The topological polar surface area (TPSA) is 35.5 Å². The summed E-state index contributed by atoms with van der Waals surface area (Å²) in [4.78, 5) is 0. The minimum Gasteiger partial charge on any atom is -0.415 e. The van der Waals surface area contributed by atoms with Crippen LogP contribution in [-0.2, 0) is 4.57 Å². The molecule has 0 aliphatic carbocycles. The highest BCUT2D eigenvalue weighted by molar-refractivity contribution is 8.23. The molecule has 0 radical (unpaired) electrons. The van der Waals surface area contributed by atoms with Crippen LogP contribution in [0.15, 0.2) is 60.7 Å². The minimum absolute atomic E-state index is 0.294.